The standard InChI is InChI=1S/C21H20N2O2S/c1-25-17-11-9-15(10-12-17)18-8-5-13-23(18)21(24)19-14-22-20(26-19)16-6-3-2-4-7-16/h2-4,6-7,9-12,14,18H,5,8,13H2,1H3. The molecule has 1 saturated heterocycles. The van der Waals surface area contributed by atoms with Gasteiger partial charge in [-0.05, 0) is 30.5 Å². The van der Waals surface area contributed by atoms with Crippen LogP contribution in [0.1, 0.15) is 34.1 Å². The van der Waals surface area contributed by atoms with E-state index in [2.05, 4.69) is 17.1 Å². The van der Waals surface area contributed by atoms with Crippen molar-refractivity contribution in [1.82, 2.24) is 9.88 Å². The molecule has 4 nitrogen and oxygen atoms in total. The highest BCUT2D eigenvalue weighted by atomic mass is 32.1. The molecule has 0 radical (unpaired) electrons. The van der Waals surface area contributed by atoms with Gasteiger partial charge in [-0.15, -0.1) is 11.3 Å². The van der Waals surface area contributed by atoms with Crippen LogP contribution in [0, 0.1) is 0 Å². The number of aromatic nitrogens is 1. The molecule has 0 saturated carbocycles. The Hall–Kier alpha value is -2.66. The summed E-state index contributed by atoms with van der Waals surface area (Å²) in [5.41, 5.74) is 2.20. The largest absolute Gasteiger partial charge is 0.497 e. The predicted octanol–water partition coefficient (Wildman–Crippen LogP) is 4.80. The highest BCUT2D eigenvalue weighted by Gasteiger charge is 2.31. The van der Waals surface area contributed by atoms with Crippen molar-refractivity contribution in [1.29, 1.82) is 0 Å². The van der Waals surface area contributed by atoms with Gasteiger partial charge in [-0.2, -0.15) is 0 Å². The topological polar surface area (TPSA) is 42.4 Å². The number of carbonyl (C=O) groups is 1. The van der Waals surface area contributed by atoms with Crippen LogP contribution >= 0.6 is 11.3 Å². The van der Waals surface area contributed by atoms with Crippen LogP contribution in [0.4, 0.5) is 0 Å². The Morgan fingerprint density at radius 1 is 1.15 bits per heavy atom. The summed E-state index contributed by atoms with van der Waals surface area (Å²) < 4.78 is 5.23. The fourth-order valence-electron chi connectivity index (χ4n) is 3.41. The predicted molar refractivity (Wildman–Crippen MR) is 104 cm³/mol. The lowest BCUT2D eigenvalue weighted by Gasteiger charge is -2.24. The summed E-state index contributed by atoms with van der Waals surface area (Å²) in [6.07, 6.45) is 3.72. The quantitative estimate of drug-likeness (QED) is 0.668. The van der Waals surface area contributed by atoms with Gasteiger partial charge in [0.1, 0.15) is 15.6 Å². The summed E-state index contributed by atoms with van der Waals surface area (Å²) in [4.78, 5) is 20.2. The minimum Gasteiger partial charge on any atom is -0.497 e. The Labute approximate surface area is 157 Å². The molecule has 0 spiro atoms. The van der Waals surface area contributed by atoms with Crippen molar-refractivity contribution in [2.45, 2.75) is 18.9 Å². The maximum absolute atomic E-state index is 13.1. The molecule has 132 valence electrons. The van der Waals surface area contributed by atoms with Crippen molar-refractivity contribution >= 4 is 17.2 Å². The highest BCUT2D eigenvalue weighted by Crippen LogP contribution is 2.35. The van der Waals surface area contributed by atoms with E-state index in [4.69, 9.17) is 4.74 Å². The van der Waals surface area contributed by atoms with Crippen LogP contribution in [-0.2, 0) is 0 Å². The number of hydrogen-bond donors (Lipinski definition) is 0. The first-order chi connectivity index (χ1) is 12.8. The fraction of sp³-hybridized carbons (Fsp3) is 0.238. The molecule has 0 bridgehead atoms. The third kappa shape index (κ3) is 3.22. The molecule has 2 heterocycles. The average molecular weight is 364 g/mol. The monoisotopic (exact) mass is 364 g/mol. The number of likely N-dealkylation sites (tertiary alicyclic amines) is 1. The molecule has 5 heteroatoms. The molecule has 0 N–H and O–H groups in total. The molecular formula is C21H20N2O2S. The number of thiazole rings is 1. The van der Waals surface area contributed by atoms with Crippen LogP contribution in [0.15, 0.2) is 60.8 Å². The number of ether oxygens (including phenoxy) is 1. The first-order valence-corrected chi connectivity index (χ1v) is 9.54. The number of methoxy groups -OCH3 is 1. The van der Waals surface area contributed by atoms with Crippen LogP contribution in [0.25, 0.3) is 10.6 Å². The highest BCUT2D eigenvalue weighted by molar-refractivity contribution is 7.16. The van der Waals surface area contributed by atoms with Gasteiger partial charge in [0, 0.05) is 12.1 Å². The van der Waals surface area contributed by atoms with Crippen molar-refractivity contribution in [2.24, 2.45) is 0 Å². The Balaban J connectivity index is 1.56. The summed E-state index contributed by atoms with van der Waals surface area (Å²) in [5, 5.41) is 0.883. The Morgan fingerprint density at radius 3 is 2.65 bits per heavy atom. The molecule has 3 aromatic rings. The summed E-state index contributed by atoms with van der Waals surface area (Å²) in [6.45, 7) is 0.786. The van der Waals surface area contributed by atoms with E-state index < -0.39 is 0 Å². The van der Waals surface area contributed by atoms with Crippen LogP contribution in [0.2, 0.25) is 0 Å². The van der Waals surface area contributed by atoms with Gasteiger partial charge in [-0.3, -0.25) is 4.79 Å². The Kier molecular flexibility index (Phi) is 4.71. The summed E-state index contributed by atoms with van der Waals surface area (Å²) in [7, 11) is 1.66. The molecule has 26 heavy (non-hydrogen) atoms. The average Bonchev–Trinajstić information content (AvgIpc) is 3.38. The van der Waals surface area contributed by atoms with Crippen LogP contribution < -0.4 is 4.74 Å². The smallest absolute Gasteiger partial charge is 0.266 e. The molecule has 1 unspecified atom stereocenters. The van der Waals surface area contributed by atoms with Crippen molar-refractivity contribution in [2.75, 3.05) is 13.7 Å². The summed E-state index contributed by atoms with van der Waals surface area (Å²) >= 11 is 1.46. The number of hydrogen-bond acceptors (Lipinski definition) is 4. The molecule has 1 fully saturated rings. The number of rotatable bonds is 4. The van der Waals surface area contributed by atoms with E-state index >= 15 is 0 Å². The van der Waals surface area contributed by atoms with Crippen molar-refractivity contribution in [3.05, 3.63) is 71.2 Å². The second kappa shape index (κ2) is 7.30. The lowest BCUT2D eigenvalue weighted by atomic mass is 10.0. The molecule has 4 rings (SSSR count). The maximum atomic E-state index is 13.1. The zero-order valence-corrected chi connectivity index (χ0v) is 15.4. The van der Waals surface area contributed by atoms with Gasteiger partial charge in [0.15, 0.2) is 0 Å². The third-order valence-electron chi connectivity index (χ3n) is 4.75. The van der Waals surface area contributed by atoms with Gasteiger partial charge in [0.05, 0.1) is 19.3 Å². The zero-order chi connectivity index (χ0) is 17.9. The number of amides is 1. The normalized spacial score (nSPS) is 16.7. The van der Waals surface area contributed by atoms with Crippen molar-refractivity contribution in [3.8, 4) is 16.3 Å². The van der Waals surface area contributed by atoms with Crippen molar-refractivity contribution in [3.63, 3.8) is 0 Å². The lowest BCUT2D eigenvalue weighted by Crippen LogP contribution is -2.29. The van der Waals surface area contributed by atoms with Gasteiger partial charge >= 0.3 is 0 Å². The third-order valence-corrected chi connectivity index (χ3v) is 5.79. The van der Waals surface area contributed by atoms with Crippen LogP contribution in [-0.4, -0.2) is 29.4 Å². The Bertz CT molecular complexity index is 890. The van der Waals surface area contributed by atoms with Gasteiger partial charge in [0.2, 0.25) is 0 Å². The van der Waals surface area contributed by atoms with E-state index in [0.29, 0.717) is 4.88 Å². The molecule has 2 aromatic carbocycles. The van der Waals surface area contributed by atoms with E-state index in [0.717, 1.165) is 41.3 Å². The maximum Gasteiger partial charge on any atom is 0.266 e. The lowest BCUT2D eigenvalue weighted by molar-refractivity contribution is 0.0740. The first-order valence-electron chi connectivity index (χ1n) is 8.72. The molecular weight excluding hydrogens is 344 g/mol. The van der Waals surface area contributed by atoms with Gasteiger partial charge < -0.3 is 9.64 Å². The second-order valence-electron chi connectivity index (χ2n) is 6.33. The first kappa shape index (κ1) is 16.8. The van der Waals surface area contributed by atoms with Gasteiger partial charge in [0.25, 0.3) is 5.91 Å². The summed E-state index contributed by atoms with van der Waals surface area (Å²) in [6, 6.07) is 18.1. The molecule has 1 amide bonds. The molecule has 1 aromatic heterocycles. The van der Waals surface area contributed by atoms with Gasteiger partial charge in [-0.25, -0.2) is 4.98 Å². The molecule has 0 aliphatic carbocycles. The van der Waals surface area contributed by atoms with Crippen LogP contribution in [0.3, 0.4) is 0 Å². The van der Waals surface area contributed by atoms with E-state index in [1.807, 2.05) is 47.4 Å². The number of carbonyl (C=O) groups excluding carboxylic acids is 1. The molecule has 1 aliphatic heterocycles. The Morgan fingerprint density at radius 2 is 1.92 bits per heavy atom. The van der Waals surface area contributed by atoms with E-state index in [1.165, 1.54) is 11.3 Å². The number of benzene rings is 2. The van der Waals surface area contributed by atoms with E-state index in [-0.39, 0.29) is 11.9 Å². The molecule has 1 aliphatic rings. The fourth-order valence-corrected chi connectivity index (χ4v) is 4.29. The van der Waals surface area contributed by atoms with Crippen molar-refractivity contribution < 1.29 is 9.53 Å². The zero-order valence-electron chi connectivity index (χ0n) is 14.6. The van der Waals surface area contributed by atoms with Gasteiger partial charge in [-0.1, -0.05) is 42.5 Å². The minimum atomic E-state index is 0.0722. The minimum absolute atomic E-state index is 0.0722. The second-order valence-corrected chi connectivity index (χ2v) is 7.36. The summed E-state index contributed by atoms with van der Waals surface area (Å²) in [5.74, 6) is 0.905. The van der Waals surface area contributed by atoms with Crippen LogP contribution in [0.5, 0.6) is 5.75 Å². The SMILES string of the molecule is COc1ccc(C2CCCN2C(=O)c2cnc(-c3ccccc3)s2)cc1. The number of nitrogens with zero attached hydrogens (tertiary/aromatic N) is 2. The molecule has 1 atom stereocenters. The van der Waals surface area contributed by atoms with E-state index in [9.17, 15) is 4.79 Å². The van der Waals surface area contributed by atoms with E-state index in [1.54, 1.807) is 13.3 Å².